The number of aliphatic carboxylic acids is 1. The van der Waals surface area contributed by atoms with Gasteiger partial charge in [-0.3, -0.25) is 4.79 Å². The second-order valence-electron chi connectivity index (χ2n) is 8.64. The van der Waals surface area contributed by atoms with E-state index in [2.05, 4.69) is 11.9 Å². The van der Waals surface area contributed by atoms with Crippen molar-refractivity contribution in [1.29, 1.82) is 0 Å². The van der Waals surface area contributed by atoms with Gasteiger partial charge in [-0.05, 0) is 46.1 Å². The number of aliphatic hydroxyl groups is 1. The maximum Gasteiger partial charge on any atom is 0.303 e. The molecule has 7 heteroatoms. The van der Waals surface area contributed by atoms with Gasteiger partial charge in [0.1, 0.15) is 11.9 Å². The SMILES string of the molecule is CCCCCC(O)c1c(/C=C/[C@H]2OC(C)(C)O[C@H]2C/C=C\CCC(=O)O)nc(C)n1C. The number of aryl methyl sites for hydroxylation is 1. The number of hydrogen-bond donors (Lipinski definition) is 2. The van der Waals surface area contributed by atoms with Crippen LogP contribution in [0.1, 0.15) is 89.0 Å². The lowest BCUT2D eigenvalue weighted by Crippen LogP contribution is -2.21. The highest BCUT2D eigenvalue weighted by atomic mass is 16.7. The summed E-state index contributed by atoms with van der Waals surface area (Å²) in [5, 5.41) is 19.5. The third-order valence-electron chi connectivity index (χ3n) is 5.51. The molecule has 3 atom stereocenters. The maximum absolute atomic E-state index is 10.8. The van der Waals surface area contributed by atoms with E-state index in [1.807, 2.05) is 56.7 Å². The van der Waals surface area contributed by atoms with Gasteiger partial charge in [-0.2, -0.15) is 0 Å². The molecule has 0 aliphatic carbocycles. The first-order valence-corrected chi connectivity index (χ1v) is 11.3. The minimum Gasteiger partial charge on any atom is -0.481 e. The van der Waals surface area contributed by atoms with Gasteiger partial charge in [-0.15, -0.1) is 0 Å². The number of hydrogen-bond acceptors (Lipinski definition) is 5. The zero-order chi connectivity index (χ0) is 23.0. The Kier molecular flexibility index (Phi) is 9.47. The number of ether oxygens (including phenoxy) is 2. The van der Waals surface area contributed by atoms with Crippen LogP contribution in [0.15, 0.2) is 18.2 Å². The quantitative estimate of drug-likeness (QED) is 0.366. The number of imidazole rings is 1. The molecule has 1 aromatic rings. The molecule has 174 valence electrons. The molecule has 7 nitrogen and oxygen atoms in total. The fourth-order valence-electron chi connectivity index (χ4n) is 3.84. The average molecular weight is 435 g/mol. The minimum atomic E-state index is -0.801. The first-order valence-electron chi connectivity index (χ1n) is 11.3. The van der Waals surface area contributed by atoms with Crippen molar-refractivity contribution in [3.63, 3.8) is 0 Å². The van der Waals surface area contributed by atoms with Crippen molar-refractivity contribution in [3.05, 3.63) is 35.4 Å². The van der Waals surface area contributed by atoms with Gasteiger partial charge < -0.3 is 24.3 Å². The smallest absolute Gasteiger partial charge is 0.303 e. The summed E-state index contributed by atoms with van der Waals surface area (Å²) in [7, 11) is 1.93. The predicted molar refractivity (Wildman–Crippen MR) is 121 cm³/mol. The molecule has 1 aliphatic rings. The molecule has 1 fully saturated rings. The van der Waals surface area contributed by atoms with Gasteiger partial charge in [0, 0.05) is 13.5 Å². The molecule has 1 aromatic heterocycles. The zero-order valence-electron chi connectivity index (χ0n) is 19.5. The van der Waals surface area contributed by atoms with Gasteiger partial charge >= 0.3 is 5.97 Å². The molecule has 0 bridgehead atoms. The van der Waals surface area contributed by atoms with Crippen LogP contribution in [0, 0.1) is 6.92 Å². The monoisotopic (exact) mass is 434 g/mol. The van der Waals surface area contributed by atoms with Crippen molar-refractivity contribution in [2.45, 2.75) is 96.7 Å². The fourth-order valence-corrected chi connectivity index (χ4v) is 3.84. The highest BCUT2D eigenvalue weighted by molar-refractivity contribution is 5.66. The van der Waals surface area contributed by atoms with Crippen LogP contribution in [0.2, 0.25) is 0 Å². The van der Waals surface area contributed by atoms with E-state index in [0.29, 0.717) is 19.3 Å². The summed E-state index contributed by atoms with van der Waals surface area (Å²) in [6, 6.07) is 0. The summed E-state index contributed by atoms with van der Waals surface area (Å²) >= 11 is 0. The van der Waals surface area contributed by atoms with E-state index < -0.39 is 17.9 Å². The number of carbonyl (C=O) groups is 1. The molecule has 0 saturated carbocycles. The maximum atomic E-state index is 10.8. The Hall–Kier alpha value is -1.96. The fraction of sp³-hybridized carbons (Fsp3) is 0.667. The summed E-state index contributed by atoms with van der Waals surface area (Å²) in [6.45, 7) is 7.85. The Labute approximate surface area is 185 Å². The van der Waals surface area contributed by atoms with Crippen molar-refractivity contribution < 1.29 is 24.5 Å². The number of aromatic nitrogens is 2. The molecule has 2 heterocycles. The number of nitrogens with zero attached hydrogens (tertiary/aromatic N) is 2. The van der Waals surface area contributed by atoms with Gasteiger partial charge in [0.15, 0.2) is 5.79 Å². The van der Waals surface area contributed by atoms with Crippen LogP contribution in [-0.4, -0.2) is 43.7 Å². The molecule has 1 unspecified atom stereocenters. The van der Waals surface area contributed by atoms with Gasteiger partial charge in [-0.25, -0.2) is 4.98 Å². The average Bonchev–Trinajstić information content (AvgIpc) is 3.14. The molecule has 0 radical (unpaired) electrons. The Morgan fingerprint density at radius 1 is 1.29 bits per heavy atom. The lowest BCUT2D eigenvalue weighted by Gasteiger charge is -2.16. The Morgan fingerprint density at radius 2 is 2.03 bits per heavy atom. The van der Waals surface area contributed by atoms with Crippen LogP contribution in [0.4, 0.5) is 0 Å². The normalized spacial score (nSPS) is 22.0. The summed E-state index contributed by atoms with van der Waals surface area (Å²) in [5.74, 6) is -0.645. The third kappa shape index (κ3) is 7.59. The van der Waals surface area contributed by atoms with E-state index >= 15 is 0 Å². The van der Waals surface area contributed by atoms with Crippen molar-refractivity contribution >= 4 is 12.0 Å². The van der Waals surface area contributed by atoms with Gasteiger partial charge in [0.05, 0.1) is 23.6 Å². The van der Waals surface area contributed by atoms with Crippen molar-refractivity contribution in [2.24, 2.45) is 7.05 Å². The molecule has 0 aromatic carbocycles. The van der Waals surface area contributed by atoms with Crippen molar-refractivity contribution in [1.82, 2.24) is 9.55 Å². The molecule has 0 amide bonds. The van der Waals surface area contributed by atoms with E-state index in [1.54, 1.807) is 0 Å². The van der Waals surface area contributed by atoms with Gasteiger partial charge in [-0.1, -0.05) is 44.4 Å². The lowest BCUT2D eigenvalue weighted by molar-refractivity contribution is -0.142. The van der Waals surface area contributed by atoms with Crippen LogP contribution in [0.3, 0.4) is 0 Å². The largest absolute Gasteiger partial charge is 0.481 e. The molecular weight excluding hydrogens is 396 g/mol. The topological polar surface area (TPSA) is 93.8 Å². The molecule has 1 aliphatic heterocycles. The van der Waals surface area contributed by atoms with E-state index in [9.17, 15) is 9.90 Å². The van der Waals surface area contributed by atoms with Crippen LogP contribution in [-0.2, 0) is 21.3 Å². The minimum absolute atomic E-state index is 0.121. The standard InChI is InChI=1S/C24H38N2O5/c1-6-7-9-12-19(27)23-18(25-17(2)26(23)5)15-16-21-20(30-24(3,4)31-21)13-10-8-11-14-22(28)29/h8,10,15-16,19-21,27H,6-7,9,11-14H2,1-5H3,(H,28,29)/b10-8-,16-15+/t19?,20-,21+/m0/s1. The number of carboxylic acid groups (broad SMARTS) is 1. The Balaban J connectivity index is 2.11. The third-order valence-corrected chi connectivity index (χ3v) is 5.51. The number of unbranched alkanes of at least 4 members (excludes halogenated alkanes) is 2. The lowest BCUT2D eigenvalue weighted by atomic mass is 10.0. The molecule has 2 rings (SSSR count). The van der Waals surface area contributed by atoms with Crippen LogP contribution < -0.4 is 0 Å². The van der Waals surface area contributed by atoms with Crippen LogP contribution in [0.5, 0.6) is 0 Å². The van der Waals surface area contributed by atoms with Crippen molar-refractivity contribution in [2.75, 3.05) is 0 Å². The molecule has 1 saturated heterocycles. The number of aliphatic hydroxyl groups excluding tert-OH is 1. The van der Waals surface area contributed by atoms with E-state index in [0.717, 1.165) is 36.5 Å². The van der Waals surface area contributed by atoms with Crippen molar-refractivity contribution in [3.8, 4) is 0 Å². The second-order valence-corrected chi connectivity index (χ2v) is 8.64. The van der Waals surface area contributed by atoms with E-state index in [4.69, 9.17) is 14.6 Å². The molecule has 31 heavy (non-hydrogen) atoms. The second kappa shape index (κ2) is 11.6. The summed E-state index contributed by atoms with van der Waals surface area (Å²) in [5.41, 5.74) is 1.58. The summed E-state index contributed by atoms with van der Waals surface area (Å²) in [6.07, 6.45) is 11.9. The summed E-state index contributed by atoms with van der Waals surface area (Å²) in [4.78, 5) is 15.3. The Morgan fingerprint density at radius 3 is 2.71 bits per heavy atom. The van der Waals surface area contributed by atoms with E-state index in [-0.39, 0.29) is 18.6 Å². The highest BCUT2D eigenvalue weighted by Gasteiger charge is 2.39. The number of allylic oxidation sites excluding steroid dienone is 1. The predicted octanol–water partition coefficient (Wildman–Crippen LogP) is 4.69. The van der Waals surface area contributed by atoms with Crippen LogP contribution in [0.25, 0.3) is 6.08 Å². The van der Waals surface area contributed by atoms with E-state index in [1.165, 1.54) is 0 Å². The number of rotatable bonds is 12. The highest BCUT2D eigenvalue weighted by Crippen LogP contribution is 2.32. The van der Waals surface area contributed by atoms with Crippen LogP contribution >= 0.6 is 0 Å². The Bertz CT molecular complexity index is 781. The number of carboxylic acids is 1. The summed E-state index contributed by atoms with van der Waals surface area (Å²) < 4.78 is 14.0. The first kappa shape index (κ1) is 25.3. The molecule has 0 spiro atoms. The molecular formula is C24H38N2O5. The van der Waals surface area contributed by atoms with Gasteiger partial charge in [0.2, 0.25) is 0 Å². The van der Waals surface area contributed by atoms with Gasteiger partial charge in [0.25, 0.3) is 0 Å². The first-order chi connectivity index (χ1) is 14.6. The zero-order valence-corrected chi connectivity index (χ0v) is 19.5. The molecule has 2 N–H and O–H groups in total.